The molecular formula is C22H24BrF3N2O5S. The van der Waals surface area contributed by atoms with E-state index in [1.807, 2.05) is 0 Å². The molecule has 1 heterocycles. The predicted octanol–water partition coefficient (Wildman–Crippen LogP) is 3.76. The SMILES string of the molecule is N#CC1(NC(=O)C2C[C@H](S(=O)(=O)c3ccc(Br)cc3C(F)(F)F)C[C@@H]2OC2CCOCC2)CC1. The first-order valence-corrected chi connectivity index (χ1v) is 13.4. The second-order valence-electron chi connectivity index (χ2n) is 9.05. The van der Waals surface area contributed by atoms with Gasteiger partial charge in [0, 0.05) is 17.7 Å². The molecule has 3 fully saturated rings. The van der Waals surface area contributed by atoms with Gasteiger partial charge >= 0.3 is 6.18 Å². The maximum atomic E-state index is 13.7. The summed E-state index contributed by atoms with van der Waals surface area (Å²) in [6.45, 7) is 0.947. The molecule has 0 aromatic heterocycles. The summed E-state index contributed by atoms with van der Waals surface area (Å²) in [4.78, 5) is 12.2. The number of nitrogens with one attached hydrogen (secondary N) is 1. The van der Waals surface area contributed by atoms with Gasteiger partial charge in [-0.2, -0.15) is 18.4 Å². The third-order valence-electron chi connectivity index (χ3n) is 6.65. The Labute approximate surface area is 204 Å². The molecule has 3 aliphatic rings. The van der Waals surface area contributed by atoms with Crippen molar-refractivity contribution < 1.29 is 35.9 Å². The maximum Gasteiger partial charge on any atom is 0.417 e. The molecule has 7 nitrogen and oxygen atoms in total. The summed E-state index contributed by atoms with van der Waals surface area (Å²) in [6, 6.07) is 5.00. The van der Waals surface area contributed by atoms with Crippen LogP contribution in [0.5, 0.6) is 0 Å². The van der Waals surface area contributed by atoms with Crippen LogP contribution in [0.15, 0.2) is 27.6 Å². The number of alkyl halides is 3. The van der Waals surface area contributed by atoms with E-state index in [0.29, 0.717) is 38.9 Å². The average molecular weight is 565 g/mol. The first kappa shape index (κ1) is 25.4. The van der Waals surface area contributed by atoms with Gasteiger partial charge in [0.05, 0.1) is 39.9 Å². The smallest absolute Gasteiger partial charge is 0.381 e. The Morgan fingerprint density at radius 2 is 1.91 bits per heavy atom. The van der Waals surface area contributed by atoms with Gasteiger partial charge in [0.1, 0.15) is 5.54 Å². The van der Waals surface area contributed by atoms with Crippen molar-refractivity contribution in [1.82, 2.24) is 5.32 Å². The Bertz CT molecular complexity index is 1090. The van der Waals surface area contributed by atoms with Crippen LogP contribution in [0.4, 0.5) is 13.2 Å². The molecule has 2 saturated carbocycles. The first-order chi connectivity index (χ1) is 15.9. The summed E-state index contributed by atoms with van der Waals surface area (Å²) >= 11 is 2.97. The van der Waals surface area contributed by atoms with E-state index in [2.05, 4.69) is 27.3 Å². The van der Waals surface area contributed by atoms with Gasteiger partial charge < -0.3 is 14.8 Å². The molecule has 1 saturated heterocycles. The number of carbonyl (C=O) groups is 1. The molecule has 4 rings (SSSR count). The number of hydrogen-bond acceptors (Lipinski definition) is 6. The van der Waals surface area contributed by atoms with Gasteiger partial charge in [0.25, 0.3) is 0 Å². The number of sulfone groups is 1. The zero-order chi connectivity index (χ0) is 24.7. The van der Waals surface area contributed by atoms with E-state index >= 15 is 0 Å². The second kappa shape index (κ2) is 9.41. The van der Waals surface area contributed by atoms with Gasteiger partial charge in [0.2, 0.25) is 5.91 Å². The topological polar surface area (TPSA) is 105 Å². The molecular weight excluding hydrogens is 541 g/mol. The third-order valence-corrected chi connectivity index (χ3v) is 9.38. The van der Waals surface area contributed by atoms with Crippen LogP contribution >= 0.6 is 15.9 Å². The van der Waals surface area contributed by atoms with E-state index in [1.165, 1.54) is 6.07 Å². The van der Waals surface area contributed by atoms with Crippen LogP contribution in [-0.4, -0.2) is 50.5 Å². The van der Waals surface area contributed by atoms with E-state index in [-0.39, 0.29) is 23.4 Å². The highest BCUT2D eigenvalue weighted by molar-refractivity contribution is 9.10. The highest BCUT2D eigenvalue weighted by Gasteiger charge is 2.51. The quantitative estimate of drug-likeness (QED) is 0.564. The third kappa shape index (κ3) is 5.27. The lowest BCUT2D eigenvalue weighted by molar-refractivity contribution is -0.140. The maximum absolute atomic E-state index is 13.7. The number of nitrogens with zero attached hydrogens (tertiary/aromatic N) is 1. The van der Waals surface area contributed by atoms with Gasteiger partial charge in [-0.15, -0.1) is 0 Å². The fraction of sp³-hybridized carbons (Fsp3) is 0.636. The number of carbonyl (C=O) groups excluding carboxylic acids is 1. The highest BCUT2D eigenvalue weighted by Crippen LogP contribution is 2.43. The molecule has 1 amide bonds. The molecule has 12 heteroatoms. The molecule has 2 aliphatic carbocycles. The fourth-order valence-electron chi connectivity index (χ4n) is 4.56. The normalized spacial score (nSPS) is 27.2. The van der Waals surface area contributed by atoms with Gasteiger partial charge in [-0.1, -0.05) is 15.9 Å². The number of ether oxygens (including phenoxy) is 2. The largest absolute Gasteiger partial charge is 0.417 e. The van der Waals surface area contributed by atoms with E-state index in [1.54, 1.807) is 0 Å². The van der Waals surface area contributed by atoms with Crippen LogP contribution in [0.3, 0.4) is 0 Å². The van der Waals surface area contributed by atoms with Gasteiger partial charge in [-0.05, 0) is 56.7 Å². The van der Waals surface area contributed by atoms with Crippen LogP contribution < -0.4 is 5.32 Å². The van der Waals surface area contributed by atoms with Crippen molar-refractivity contribution in [2.75, 3.05) is 13.2 Å². The highest BCUT2D eigenvalue weighted by atomic mass is 79.9. The summed E-state index contributed by atoms with van der Waals surface area (Å²) in [5.74, 6) is -1.39. The molecule has 1 aromatic carbocycles. The Hall–Kier alpha value is -1.68. The standard InChI is InChI=1S/C22H24BrF3N2O5S/c23-13-1-2-19(17(9-13)22(24,25)26)34(30,31)15-10-16(20(29)28-21(12-27)5-6-21)18(11-15)33-14-3-7-32-8-4-14/h1-2,9,14-16,18H,3-8,10-11H2,(H,28,29)/t15-,16?,18-/m0/s1. The molecule has 1 aliphatic heterocycles. The van der Waals surface area contributed by atoms with Crippen molar-refractivity contribution in [3.05, 3.63) is 28.2 Å². The fourth-order valence-corrected chi connectivity index (χ4v) is 6.93. The molecule has 34 heavy (non-hydrogen) atoms. The van der Waals surface area contributed by atoms with Crippen LogP contribution in [0, 0.1) is 17.2 Å². The van der Waals surface area contributed by atoms with Crippen molar-refractivity contribution in [3.8, 4) is 6.07 Å². The minimum absolute atomic E-state index is 0.106. The van der Waals surface area contributed by atoms with Gasteiger partial charge in [0.15, 0.2) is 9.84 Å². The number of halogens is 4. The zero-order valence-corrected chi connectivity index (χ0v) is 20.5. The Kier molecular flexibility index (Phi) is 7.03. The molecule has 0 bridgehead atoms. The molecule has 1 unspecified atom stereocenters. The summed E-state index contributed by atoms with van der Waals surface area (Å²) in [7, 11) is -4.43. The average Bonchev–Trinajstić information content (AvgIpc) is 3.42. The second-order valence-corrected chi connectivity index (χ2v) is 12.2. The summed E-state index contributed by atoms with van der Waals surface area (Å²) in [6.07, 6.45) is -4.02. The number of hydrogen-bond donors (Lipinski definition) is 1. The summed E-state index contributed by atoms with van der Waals surface area (Å²) < 4.78 is 79.3. The van der Waals surface area contributed by atoms with Gasteiger partial charge in [-0.25, -0.2) is 8.42 Å². The molecule has 0 spiro atoms. The Balaban J connectivity index is 1.62. The molecule has 1 N–H and O–H groups in total. The van der Waals surface area contributed by atoms with Crippen LogP contribution in [0.2, 0.25) is 0 Å². The van der Waals surface area contributed by atoms with Crippen LogP contribution in [-0.2, 0) is 30.3 Å². The van der Waals surface area contributed by atoms with Gasteiger partial charge in [-0.3, -0.25) is 4.79 Å². The minimum Gasteiger partial charge on any atom is -0.381 e. The Morgan fingerprint density at radius 3 is 2.50 bits per heavy atom. The minimum atomic E-state index is -4.87. The number of rotatable bonds is 6. The number of amides is 1. The molecule has 0 radical (unpaired) electrons. The lowest BCUT2D eigenvalue weighted by atomic mass is 10.0. The predicted molar refractivity (Wildman–Crippen MR) is 117 cm³/mol. The van der Waals surface area contributed by atoms with Crippen molar-refractivity contribution in [2.45, 2.75) is 72.6 Å². The monoisotopic (exact) mass is 564 g/mol. The number of benzene rings is 1. The van der Waals surface area contributed by atoms with Crippen LogP contribution in [0.25, 0.3) is 0 Å². The molecule has 3 atom stereocenters. The zero-order valence-electron chi connectivity index (χ0n) is 18.1. The lowest BCUT2D eigenvalue weighted by Gasteiger charge is -2.28. The van der Waals surface area contributed by atoms with E-state index in [0.717, 1.165) is 12.1 Å². The Morgan fingerprint density at radius 1 is 1.24 bits per heavy atom. The summed E-state index contributed by atoms with van der Waals surface area (Å²) in [5, 5.41) is 10.8. The first-order valence-electron chi connectivity index (χ1n) is 11.0. The summed E-state index contributed by atoms with van der Waals surface area (Å²) in [5.41, 5.74) is -2.20. The van der Waals surface area contributed by atoms with Crippen LogP contribution in [0.1, 0.15) is 44.1 Å². The van der Waals surface area contributed by atoms with Crippen molar-refractivity contribution in [2.24, 2.45) is 5.92 Å². The van der Waals surface area contributed by atoms with Crippen molar-refractivity contribution >= 4 is 31.7 Å². The molecule has 186 valence electrons. The number of nitriles is 1. The van der Waals surface area contributed by atoms with E-state index in [4.69, 9.17) is 9.47 Å². The van der Waals surface area contributed by atoms with Crippen molar-refractivity contribution in [1.29, 1.82) is 5.26 Å². The molecule has 1 aromatic rings. The lowest BCUT2D eigenvalue weighted by Crippen LogP contribution is -2.43. The van der Waals surface area contributed by atoms with E-state index in [9.17, 15) is 31.6 Å². The van der Waals surface area contributed by atoms with E-state index < -0.39 is 55.2 Å². The van der Waals surface area contributed by atoms with Crippen molar-refractivity contribution in [3.63, 3.8) is 0 Å².